The molecule has 3 aromatic carbocycles. The van der Waals surface area contributed by atoms with Crippen molar-refractivity contribution in [3.05, 3.63) is 115 Å². The molecule has 6 nitrogen and oxygen atoms in total. The molecule has 194 valence electrons. The van der Waals surface area contributed by atoms with Gasteiger partial charge in [-0.05, 0) is 34.7 Å². The van der Waals surface area contributed by atoms with Crippen molar-refractivity contribution in [2.24, 2.45) is 0 Å². The van der Waals surface area contributed by atoms with E-state index in [0.717, 1.165) is 47.0 Å². The summed E-state index contributed by atoms with van der Waals surface area (Å²) in [7, 11) is 3.48. The monoisotopic (exact) mass is 506 g/mol. The van der Waals surface area contributed by atoms with E-state index in [-0.39, 0.29) is 5.91 Å². The van der Waals surface area contributed by atoms with Crippen LogP contribution in [-0.4, -0.2) is 52.2 Å². The third-order valence-electron chi connectivity index (χ3n) is 7.02. The van der Waals surface area contributed by atoms with Crippen molar-refractivity contribution in [1.82, 2.24) is 19.0 Å². The molecule has 0 atom stereocenters. The standard InChI is InChI=1S/C32H34N4O2/c1-34(18-19-38-2)32(37)31-23-35(22-30(31)29-16-8-14-26-13-6-7-15-28(26)29)21-27-20-33-24-36(27)17-9-12-25-10-4-3-5-11-25/h3-8,10-11,13-16,20,22-24H,9,12,17-19,21H2,1-2H3. The van der Waals surface area contributed by atoms with Crippen LogP contribution in [0.4, 0.5) is 0 Å². The van der Waals surface area contributed by atoms with E-state index in [9.17, 15) is 4.79 Å². The maximum atomic E-state index is 13.6. The molecule has 0 fully saturated rings. The number of hydrogen-bond acceptors (Lipinski definition) is 3. The first-order valence-electron chi connectivity index (χ1n) is 13.1. The van der Waals surface area contributed by atoms with Crippen molar-refractivity contribution in [3.8, 4) is 11.1 Å². The summed E-state index contributed by atoms with van der Waals surface area (Å²) in [5, 5.41) is 2.28. The third-order valence-corrected chi connectivity index (χ3v) is 7.02. The molecule has 0 bridgehead atoms. The Kier molecular flexibility index (Phi) is 8.00. The van der Waals surface area contributed by atoms with Crippen LogP contribution in [0.2, 0.25) is 0 Å². The predicted molar refractivity (Wildman–Crippen MR) is 152 cm³/mol. The minimum absolute atomic E-state index is 0.0138. The largest absolute Gasteiger partial charge is 0.383 e. The first-order chi connectivity index (χ1) is 18.6. The number of aromatic nitrogens is 3. The number of aryl methyl sites for hydroxylation is 2. The number of benzene rings is 3. The van der Waals surface area contributed by atoms with Gasteiger partial charge in [0.2, 0.25) is 0 Å². The number of rotatable bonds is 11. The van der Waals surface area contributed by atoms with Crippen molar-refractivity contribution in [2.75, 3.05) is 27.3 Å². The van der Waals surface area contributed by atoms with Gasteiger partial charge in [0, 0.05) is 51.4 Å². The number of amides is 1. The lowest BCUT2D eigenvalue weighted by atomic mass is 9.97. The summed E-state index contributed by atoms with van der Waals surface area (Å²) in [6.45, 7) is 2.56. The first kappa shape index (κ1) is 25.5. The van der Waals surface area contributed by atoms with E-state index >= 15 is 0 Å². The molecule has 0 radical (unpaired) electrons. The average Bonchev–Trinajstić information content (AvgIpc) is 3.58. The Morgan fingerprint density at radius 3 is 2.58 bits per heavy atom. The topological polar surface area (TPSA) is 52.3 Å². The summed E-state index contributed by atoms with van der Waals surface area (Å²) in [6.07, 6.45) is 9.96. The molecular weight excluding hydrogens is 472 g/mol. The van der Waals surface area contributed by atoms with Gasteiger partial charge in [0.25, 0.3) is 5.91 Å². The molecule has 6 heteroatoms. The zero-order chi connectivity index (χ0) is 26.3. The van der Waals surface area contributed by atoms with E-state index in [1.54, 1.807) is 12.0 Å². The molecule has 2 heterocycles. The smallest absolute Gasteiger partial charge is 0.255 e. The molecule has 1 amide bonds. The van der Waals surface area contributed by atoms with Crippen LogP contribution < -0.4 is 0 Å². The van der Waals surface area contributed by atoms with Crippen LogP contribution in [-0.2, 0) is 24.2 Å². The van der Waals surface area contributed by atoms with Crippen molar-refractivity contribution < 1.29 is 9.53 Å². The fourth-order valence-corrected chi connectivity index (χ4v) is 4.95. The SMILES string of the molecule is COCCN(C)C(=O)c1cn(Cc2cncn2CCCc2ccccc2)cc1-c1cccc2ccccc12. The van der Waals surface area contributed by atoms with Crippen LogP contribution in [0.1, 0.15) is 28.0 Å². The van der Waals surface area contributed by atoms with E-state index in [2.05, 4.69) is 81.0 Å². The molecule has 0 aliphatic rings. The van der Waals surface area contributed by atoms with E-state index in [4.69, 9.17) is 4.74 Å². The van der Waals surface area contributed by atoms with Crippen LogP contribution in [0.5, 0.6) is 0 Å². The van der Waals surface area contributed by atoms with Gasteiger partial charge in [-0.1, -0.05) is 72.8 Å². The Labute approximate surface area is 224 Å². The summed E-state index contributed by atoms with van der Waals surface area (Å²) in [4.78, 5) is 19.7. The zero-order valence-corrected chi connectivity index (χ0v) is 22.1. The second-order valence-electron chi connectivity index (χ2n) is 9.67. The van der Waals surface area contributed by atoms with Gasteiger partial charge in [-0.15, -0.1) is 0 Å². The van der Waals surface area contributed by atoms with Gasteiger partial charge in [-0.25, -0.2) is 4.98 Å². The summed E-state index contributed by atoms with van der Waals surface area (Å²) in [6, 6.07) is 25.1. The minimum Gasteiger partial charge on any atom is -0.383 e. The van der Waals surface area contributed by atoms with Crippen LogP contribution in [0.25, 0.3) is 21.9 Å². The minimum atomic E-state index is -0.0138. The van der Waals surface area contributed by atoms with Crippen LogP contribution in [0.3, 0.4) is 0 Å². The first-order valence-corrected chi connectivity index (χ1v) is 13.1. The summed E-state index contributed by atoms with van der Waals surface area (Å²) in [5.41, 5.74) is 5.15. The Morgan fingerprint density at radius 2 is 1.74 bits per heavy atom. The van der Waals surface area contributed by atoms with E-state index in [1.165, 1.54) is 5.56 Å². The Morgan fingerprint density at radius 1 is 0.947 bits per heavy atom. The van der Waals surface area contributed by atoms with Crippen molar-refractivity contribution in [3.63, 3.8) is 0 Å². The summed E-state index contributed by atoms with van der Waals surface area (Å²) >= 11 is 0. The van der Waals surface area contributed by atoms with Crippen molar-refractivity contribution in [2.45, 2.75) is 25.9 Å². The molecular formula is C32H34N4O2. The Hall–Kier alpha value is -4.16. The van der Waals surface area contributed by atoms with Crippen LogP contribution in [0, 0.1) is 0 Å². The fraction of sp³-hybridized carbons (Fsp3) is 0.250. The molecule has 0 aliphatic heterocycles. The number of fused-ring (bicyclic) bond motifs is 1. The van der Waals surface area contributed by atoms with Crippen molar-refractivity contribution >= 4 is 16.7 Å². The number of hydrogen-bond donors (Lipinski definition) is 0. The normalized spacial score (nSPS) is 11.2. The molecule has 0 saturated carbocycles. The Balaban J connectivity index is 1.43. The highest BCUT2D eigenvalue weighted by atomic mass is 16.5. The average molecular weight is 507 g/mol. The lowest BCUT2D eigenvalue weighted by Crippen LogP contribution is -2.30. The zero-order valence-electron chi connectivity index (χ0n) is 22.1. The maximum absolute atomic E-state index is 13.6. The molecule has 0 aliphatic carbocycles. The molecule has 0 unspecified atom stereocenters. The highest BCUT2D eigenvalue weighted by Crippen LogP contribution is 2.32. The van der Waals surface area contributed by atoms with Crippen LogP contribution in [0.15, 0.2) is 97.7 Å². The number of nitrogens with zero attached hydrogens (tertiary/aromatic N) is 4. The number of carbonyl (C=O) groups is 1. The van der Waals surface area contributed by atoms with Crippen molar-refractivity contribution in [1.29, 1.82) is 0 Å². The third kappa shape index (κ3) is 5.71. The number of methoxy groups -OCH3 is 1. The van der Waals surface area contributed by atoms with Crippen LogP contribution >= 0.6 is 0 Å². The lowest BCUT2D eigenvalue weighted by Gasteiger charge is -2.17. The van der Waals surface area contributed by atoms with Gasteiger partial charge in [-0.3, -0.25) is 4.79 Å². The molecule has 0 N–H and O–H groups in total. The fourth-order valence-electron chi connectivity index (χ4n) is 4.95. The summed E-state index contributed by atoms with van der Waals surface area (Å²) in [5.74, 6) is -0.0138. The van der Waals surface area contributed by atoms with Gasteiger partial charge in [0.05, 0.1) is 30.7 Å². The highest BCUT2D eigenvalue weighted by Gasteiger charge is 2.21. The van der Waals surface area contributed by atoms with Gasteiger partial charge >= 0.3 is 0 Å². The maximum Gasteiger partial charge on any atom is 0.255 e. The molecule has 0 saturated heterocycles. The van der Waals surface area contributed by atoms with Gasteiger partial charge in [0.15, 0.2) is 0 Å². The Bertz CT molecular complexity index is 1500. The van der Waals surface area contributed by atoms with Gasteiger partial charge in [-0.2, -0.15) is 0 Å². The molecule has 2 aromatic heterocycles. The number of imidazole rings is 1. The molecule has 5 aromatic rings. The van der Waals surface area contributed by atoms with E-state index in [0.29, 0.717) is 25.3 Å². The van der Waals surface area contributed by atoms with E-state index < -0.39 is 0 Å². The lowest BCUT2D eigenvalue weighted by molar-refractivity contribution is 0.0745. The van der Waals surface area contributed by atoms with E-state index in [1.807, 2.05) is 37.9 Å². The molecule has 38 heavy (non-hydrogen) atoms. The predicted octanol–water partition coefficient (Wildman–Crippen LogP) is 5.90. The van der Waals surface area contributed by atoms with Gasteiger partial charge in [0.1, 0.15) is 0 Å². The quantitative estimate of drug-likeness (QED) is 0.224. The number of ether oxygens (including phenoxy) is 1. The second-order valence-corrected chi connectivity index (χ2v) is 9.67. The second kappa shape index (κ2) is 11.9. The number of carbonyl (C=O) groups excluding carboxylic acids is 1. The number of likely N-dealkylation sites (N-methyl/N-ethyl adjacent to an activating group) is 1. The molecule has 5 rings (SSSR count). The summed E-state index contributed by atoms with van der Waals surface area (Å²) < 4.78 is 9.54. The highest BCUT2D eigenvalue weighted by molar-refractivity contribution is 6.05. The van der Waals surface area contributed by atoms with Gasteiger partial charge < -0.3 is 18.8 Å². The molecule has 0 spiro atoms.